The molecule has 0 bridgehead atoms. The van der Waals surface area contributed by atoms with Crippen LogP contribution in [0, 0.1) is 0 Å². The number of hydrogen-bond donors (Lipinski definition) is 1. The molecule has 0 unspecified atom stereocenters. The first-order valence-corrected chi connectivity index (χ1v) is 8.37. The molecule has 3 aromatic rings. The molecule has 0 aliphatic rings. The lowest BCUT2D eigenvalue weighted by Crippen LogP contribution is -2.24. The summed E-state index contributed by atoms with van der Waals surface area (Å²) in [7, 11) is 1.62. The standard InChI is InChI=1S/C19H17BrN2O2/c1-24-18-7-4-14-9-15(20)5-6-16(14)17(18)10-19(23)22-12-13-3-2-8-21-11-13/h2-9,11H,10,12H2,1H3,(H,22,23). The second-order valence-corrected chi connectivity index (χ2v) is 6.34. The van der Waals surface area contributed by atoms with Gasteiger partial charge in [-0.15, -0.1) is 0 Å². The molecular formula is C19H17BrN2O2. The molecule has 5 heteroatoms. The van der Waals surface area contributed by atoms with Crippen LogP contribution in [0.5, 0.6) is 5.75 Å². The van der Waals surface area contributed by atoms with Gasteiger partial charge in [-0.3, -0.25) is 9.78 Å². The zero-order valence-electron chi connectivity index (χ0n) is 13.3. The van der Waals surface area contributed by atoms with Gasteiger partial charge >= 0.3 is 0 Å². The van der Waals surface area contributed by atoms with Gasteiger partial charge in [0.25, 0.3) is 0 Å². The van der Waals surface area contributed by atoms with Crippen molar-refractivity contribution in [3.63, 3.8) is 0 Å². The number of ether oxygens (including phenoxy) is 1. The van der Waals surface area contributed by atoms with Crippen molar-refractivity contribution < 1.29 is 9.53 Å². The first kappa shape index (κ1) is 16.5. The minimum Gasteiger partial charge on any atom is -0.496 e. The summed E-state index contributed by atoms with van der Waals surface area (Å²) in [6, 6.07) is 13.7. The number of hydrogen-bond acceptors (Lipinski definition) is 3. The van der Waals surface area contributed by atoms with Crippen LogP contribution >= 0.6 is 15.9 Å². The number of rotatable bonds is 5. The highest BCUT2D eigenvalue weighted by atomic mass is 79.9. The van der Waals surface area contributed by atoms with E-state index in [4.69, 9.17) is 4.74 Å². The summed E-state index contributed by atoms with van der Waals surface area (Å²) in [5.74, 6) is 0.675. The van der Waals surface area contributed by atoms with E-state index in [0.717, 1.165) is 32.1 Å². The van der Waals surface area contributed by atoms with Crippen LogP contribution < -0.4 is 10.1 Å². The molecule has 0 aliphatic heterocycles. The summed E-state index contributed by atoms with van der Waals surface area (Å²) >= 11 is 3.48. The van der Waals surface area contributed by atoms with Gasteiger partial charge in [-0.25, -0.2) is 0 Å². The van der Waals surface area contributed by atoms with Crippen molar-refractivity contribution in [2.24, 2.45) is 0 Å². The Labute approximate surface area is 149 Å². The van der Waals surface area contributed by atoms with Gasteiger partial charge in [0.2, 0.25) is 5.91 Å². The Bertz CT molecular complexity index is 866. The normalized spacial score (nSPS) is 10.6. The van der Waals surface area contributed by atoms with E-state index in [-0.39, 0.29) is 12.3 Å². The molecule has 0 aliphatic carbocycles. The molecule has 1 aromatic heterocycles. The van der Waals surface area contributed by atoms with Crippen LogP contribution in [0.4, 0.5) is 0 Å². The number of carbonyl (C=O) groups is 1. The van der Waals surface area contributed by atoms with Crippen LogP contribution in [-0.2, 0) is 17.8 Å². The Morgan fingerprint density at radius 3 is 2.88 bits per heavy atom. The Kier molecular flexibility index (Phi) is 5.11. The molecule has 1 amide bonds. The lowest BCUT2D eigenvalue weighted by Gasteiger charge is -2.13. The minimum absolute atomic E-state index is 0.0485. The summed E-state index contributed by atoms with van der Waals surface area (Å²) in [6.07, 6.45) is 3.73. The number of fused-ring (bicyclic) bond motifs is 1. The molecular weight excluding hydrogens is 368 g/mol. The van der Waals surface area contributed by atoms with E-state index in [2.05, 4.69) is 26.2 Å². The van der Waals surface area contributed by atoms with Crippen molar-refractivity contribution in [1.82, 2.24) is 10.3 Å². The fraction of sp³-hybridized carbons (Fsp3) is 0.158. The zero-order valence-corrected chi connectivity index (χ0v) is 14.8. The Hall–Kier alpha value is -2.40. The van der Waals surface area contributed by atoms with Gasteiger partial charge in [0.05, 0.1) is 13.5 Å². The summed E-state index contributed by atoms with van der Waals surface area (Å²) in [5, 5.41) is 5.02. The largest absolute Gasteiger partial charge is 0.496 e. The van der Waals surface area contributed by atoms with Crippen LogP contribution in [-0.4, -0.2) is 18.0 Å². The molecule has 24 heavy (non-hydrogen) atoms. The van der Waals surface area contributed by atoms with Gasteiger partial charge in [0.15, 0.2) is 0 Å². The number of pyridine rings is 1. The van der Waals surface area contributed by atoms with Crippen molar-refractivity contribution in [3.8, 4) is 5.75 Å². The third kappa shape index (κ3) is 3.74. The Morgan fingerprint density at radius 1 is 1.25 bits per heavy atom. The third-order valence-corrected chi connectivity index (χ3v) is 4.31. The predicted molar refractivity (Wildman–Crippen MR) is 98.0 cm³/mol. The second kappa shape index (κ2) is 7.45. The molecule has 4 nitrogen and oxygen atoms in total. The predicted octanol–water partition coefficient (Wildman–Crippen LogP) is 3.86. The van der Waals surface area contributed by atoms with Crippen molar-refractivity contribution in [1.29, 1.82) is 0 Å². The third-order valence-electron chi connectivity index (χ3n) is 3.82. The lowest BCUT2D eigenvalue weighted by molar-refractivity contribution is -0.120. The molecule has 1 N–H and O–H groups in total. The monoisotopic (exact) mass is 384 g/mol. The summed E-state index contributed by atoms with van der Waals surface area (Å²) in [4.78, 5) is 16.4. The number of carbonyl (C=O) groups excluding carboxylic acids is 1. The van der Waals surface area contributed by atoms with Crippen molar-refractivity contribution in [2.45, 2.75) is 13.0 Å². The van der Waals surface area contributed by atoms with Crippen LogP contribution in [0.2, 0.25) is 0 Å². The van der Waals surface area contributed by atoms with Gasteiger partial charge < -0.3 is 10.1 Å². The van der Waals surface area contributed by atoms with Crippen molar-refractivity contribution >= 4 is 32.6 Å². The molecule has 0 radical (unpaired) electrons. The number of benzene rings is 2. The number of nitrogens with zero attached hydrogens (tertiary/aromatic N) is 1. The summed E-state index contributed by atoms with van der Waals surface area (Å²) in [5.41, 5.74) is 1.87. The van der Waals surface area contributed by atoms with E-state index < -0.39 is 0 Å². The zero-order chi connectivity index (χ0) is 16.9. The molecule has 0 fully saturated rings. The maximum atomic E-state index is 12.4. The molecule has 0 saturated heterocycles. The highest BCUT2D eigenvalue weighted by Gasteiger charge is 2.13. The average molecular weight is 385 g/mol. The first-order chi connectivity index (χ1) is 11.7. The van der Waals surface area contributed by atoms with Crippen molar-refractivity contribution in [3.05, 3.63) is 70.5 Å². The topological polar surface area (TPSA) is 51.2 Å². The maximum absolute atomic E-state index is 12.4. The highest BCUT2D eigenvalue weighted by molar-refractivity contribution is 9.10. The number of nitrogens with one attached hydrogen (secondary N) is 1. The fourth-order valence-corrected chi connectivity index (χ4v) is 3.02. The molecule has 0 spiro atoms. The minimum atomic E-state index is -0.0485. The van der Waals surface area contributed by atoms with E-state index in [0.29, 0.717) is 6.54 Å². The van der Waals surface area contributed by atoms with E-state index >= 15 is 0 Å². The van der Waals surface area contributed by atoms with Gasteiger partial charge in [-0.05, 0) is 40.6 Å². The van der Waals surface area contributed by atoms with Gasteiger partial charge in [-0.2, -0.15) is 0 Å². The second-order valence-electron chi connectivity index (χ2n) is 5.43. The number of halogens is 1. The van der Waals surface area contributed by atoms with Gasteiger partial charge in [0.1, 0.15) is 5.75 Å². The Morgan fingerprint density at radius 2 is 2.12 bits per heavy atom. The van der Waals surface area contributed by atoms with Crippen LogP contribution in [0.3, 0.4) is 0 Å². The lowest BCUT2D eigenvalue weighted by atomic mass is 10.0. The number of amides is 1. The van der Waals surface area contributed by atoms with Crippen molar-refractivity contribution in [2.75, 3.05) is 7.11 Å². The number of methoxy groups -OCH3 is 1. The summed E-state index contributed by atoms with van der Waals surface area (Å²) in [6.45, 7) is 0.464. The smallest absolute Gasteiger partial charge is 0.224 e. The average Bonchev–Trinajstić information content (AvgIpc) is 2.61. The number of aromatic nitrogens is 1. The van der Waals surface area contributed by atoms with E-state index in [1.54, 1.807) is 19.5 Å². The molecule has 3 rings (SSSR count). The summed E-state index contributed by atoms with van der Waals surface area (Å²) < 4.78 is 6.45. The molecule has 0 saturated carbocycles. The van der Waals surface area contributed by atoms with E-state index in [1.807, 2.05) is 42.5 Å². The molecule has 0 atom stereocenters. The SMILES string of the molecule is COc1ccc2cc(Br)ccc2c1CC(=O)NCc1cccnc1. The molecule has 2 aromatic carbocycles. The molecule has 1 heterocycles. The van der Waals surface area contributed by atoms with Crippen LogP contribution in [0.1, 0.15) is 11.1 Å². The quantitative estimate of drug-likeness (QED) is 0.726. The first-order valence-electron chi connectivity index (χ1n) is 7.58. The molecule has 122 valence electrons. The van der Waals surface area contributed by atoms with Crippen LogP contribution in [0.25, 0.3) is 10.8 Å². The fourth-order valence-electron chi connectivity index (χ4n) is 2.65. The van der Waals surface area contributed by atoms with E-state index in [1.165, 1.54) is 0 Å². The maximum Gasteiger partial charge on any atom is 0.224 e. The van der Waals surface area contributed by atoms with E-state index in [9.17, 15) is 4.79 Å². The van der Waals surface area contributed by atoms with Crippen LogP contribution in [0.15, 0.2) is 59.3 Å². The van der Waals surface area contributed by atoms with Gasteiger partial charge in [-0.1, -0.05) is 34.1 Å². The Balaban J connectivity index is 1.81. The highest BCUT2D eigenvalue weighted by Crippen LogP contribution is 2.30. The van der Waals surface area contributed by atoms with Gasteiger partial charge in [0, 0.05) is 29.0 Å².